The van der Waals surface area contributed by atoms with Gasteiger partial charge in [-0.15, -0.1) is 0 Å². The van der Waals surface area contributed by atoms with Crippen LogP contribution in [0.15, 0.2) is 48.7 Å². The van der Waals surface area contributed by atoms with Crippen molar-refractivity contribution in [3.05, 3.63) is 59.8 Å². The molecular formula is C22H24N2O4. The van der Waals surface area contributed by atoms with Gasteiger partial charge in [0.2, 0.25) is 5.91 Å². The predicted molar refractivity (Wildman–Crippen MR) is 108 cm³/mol. The molecule has 0 aliphatic heterocycles. The highest BCUT2D eigenvalue weighted by molar-refractivity contribution is 6.07. The molecule has 6 nitrogen and oxygen atoms in total. The summed E-state index contributed by atoms with van der Waals surface area (Å²) in [5, 5.41) is 3.80. The molecule has 3 aromatic rings. The summed E-state index contributed by atoms with van der Waals surface area (Å²) in [4.78, 5) is 24.2. The molecule has 0 atom stereocenters. The second kappa shape index (κ2) is 8.61. The van der Waals surface area contributed by atoms with E-state index in [1.54, 1.807) is 20.4 Å². The van der Waals surface area contributed by atoms with E-state index in [9.17, 15) is 9.59 Å². The summed E-state index contributed by atoms with van der Waals surface area (Å²) in [6.07, 6.45) is 2.43. The zero-order valence-electron chi connectivity index (χ0n) is 16.3. The number of nitrogens with one attached hydrogen (secondary N) is 1. The van der Waals surface area contributed by atoms with E-state index in [0.717, 1.165) is 16.5 Å². The lowest BCUT2D eigenvalue weighted by Crippen LogP contribution is -2.29. The first-order chi connectivity index (χ1) is 13.5. The molecule has 1 N–H and O–H groups in total. The number of fused-ring (bicyclic) bond motifs is 1. The van der Waals surface area contributed by atoms with Crippen molar-refractivity contribution < 1.29 is 19.1 Å². The standard InChI is InChI=1S/C22H24N2O4/c1-15(25)18-13-24(19-7-5-4-6-17(18)19)14-22(26)23-11-10-16-8-9-20(27-2)21(12-16)28-3/h4-9,12-13H,10-11,14H2,1-3H3,(H,23,26). The van der Waals surface area contributed by atoms with Crippen molar-refractivity contribution in [1.29, 1.82) is 0 Å². The summed E-state index contributed by atoms with van der Waals surface area (Å²) < 4.78 is 12.4. The topological polar surface area (TPSA) is 69.6 Å². The Morgan fingerprint density at radius 2 is 1.79 bits per heavy atom. The minimum Gasteiger partial charge on any atom is -0.493 e. The van der Waals surface area contributed by atoms with Gasteiger partial charge in [-0.25, -0.2) is 0 Å². The van der Waals surface area contributed by atoms with Gasteiger partial charge < -0.3 is 19.4 Å². The summed E-state index contributed by atoms with van der Waals surface area (Å²) in [6.45, 7) is 2.21. The maximum atomic E-state index is 12.4. The van der Waals surface area contributed by atoms with E-state index in [-0.39, 0.29) is 18.2 Å². The number of aromatic nitrogens is 1. The van der Waals surface area contributed by atoms with Crippen molar-refractivity contribution in [2.75, 3.05) is 20.8 Å². The minimum absolute atomic E-state index is 0.0104. The molecule has 146 valence electrons. The molecule has 0 unspecified atom stereocenters. The summed E-state index contributed by atoms with van der Waals surface area (Å²) in [7, 11) is 3.19. The lowest BCUT2D eigenvalue weighted by atomic mass is 10.1. The number of amides is 1. The number of ketones is 1. The van der Waals surface area contributed by atoms with Crippen molar-refractivity contribution in [1.82, 2.24) is 9.88 Å². The number of ether oxygens (including phenoxy) is 2. The van der Waals surface area contributed by atoms with Crippen LogP contribution in [0.2, 0.25) is 0 Å². The Kier molecular flexibility index (Phi) is 5.99. The van der Waals surface area contributed by atoms with Crippen LogP contribution in [0.4, 0.5) is 0 Å². The van der Waals surface area contributed by atoms with E-state index >= 15 is 0 Å². The molecule has 28 heavy (non-hydrogen) atoms. The first kappa shape index (κ1) is 19.5. The molecule has 0 fully saturated rings. The fourth-order valence-corrected chi connectivity index (χ4v) is 3.25. The van der Waals surface area contributed by atoms with Crippen molar-refractivity contribution >= 4 is 22.6 Å². The van der Waals surface area contributed by atoms with Crippen LogP contribution in [0.1, 0.15) is 22.8 Å². The maximum absolute atomic E-state index is 12.4. The van der Waals surface area contributed by atoms with Crippen molar-refractivity contribution in [3.8, 4) is 11.5 Å². The second-order valence-electron chi connectivity index (χ2n) is 6.53. The summed E-state index contributed by atoms with van der Waals surface area (Å²) >= 11 is 0. The number of Topliss-reactive ketones (excluding diaryl/α,β-unsaturated/α-hetero) is 1. The number of benzene rings is 2. The molecular weight excluding hydrogens is 356 g/mol. The Morgan fingerprint density at radius 1 is 1.04 bits per heavy atom. The second-order valence-corrected chi connectivity index (χ2v) is 6.53. The average Bonchev–Trinajstić information content (AvgIpc) is 3.06. The molecule has 1 heterocycles. The SMILES string of the molecule is COc1ccc(CCNC(=O)Cn2cc(C(C)=O)c3ccccc32)cc1OC. The van der Waals surface area contributed by atoms with Gasteiger partial charge in [0.1, 0.15) is 6.54 Å². The number of para-hydroxylation sites is 1. The Bertz CT molecular complexity index is 1010. The third-order valence-electron chi connectivity index (χ3n) is 4.67. The molecule has 0 radical (unpaired) electrons. The van der Waals surface area contributed by atoms with E-state index in [1.807, 2.05) is 47.0 Å². The Labute approximate surface area is 164 Å². The molecule has 0 saturated carbocycles. The van der Waals surface area contributed by atoms with Gasteiger partial charge in [0.05, 0.1) is 14.2 Å². The molecule has 1 aromatic heterocycles. The Hall–Kier alpha value is -3.28. The minimum atomic E-state index is -0.101. The van der Waals surface area contributed by atoms with Crippen LogP contribution in [0, 0.1) is 0 Å². The quantitative estimate of drug-likeness (QED) is 0.609. The zero-order valence-corrected chi connectivity index (χ0v) is 16.3. The van der Waals surface area contributed by atoms with Gasteiger partial charge >= 0.3 is 0 Å². The summed E-state index contributed by atoms with van der Waals surface area (Å²) in [5.74, 6) is 1.23. The summed E-state index contributed by atoms with van der Waals surface area (Å²) in [6, 6.07) is 13.3. The highest BCUT2D eigenvalue weighted by Gasteiger charge is 2.13. The van der Waals surface area contributed by atoms with Gasteiger partial charge in [0.25, 0.3) is 0 Å². The van der Waals surface area contributed by atoms with Crippen molar-refractivity contribution in [2.45, 2.75) is 19.9 Å². The van der Waals surface area contributed by atoms with E-state index < -0.39 is 0 Å². The van der Waals surface area contributed by atoms with Crippen LogP contribution in [-0.2, 0) is 17.8 Å². The molecule has 0 aliphatic carbocycles. The predicted octanol–water partition coefficient (Wildman–Crippen LogP) is 3.22. The van der Waals surface area contributed by atoms with Gasteiger partial charge in [-0.05, 0) is 37.1 Å². The molecule has 0 spiro atoms. The van der Waals surface area contributed by atoms with Crippen LogP contribution in [0.3, 0.4) is 0 Å². The molecule has 0 aliphatic rings. The van der Waals surface area contributed by atoms with Gasteiger partial charge in [0, 0.05) is 29.2 Å². The highest BCUT2D eigenvalue weighted by Crippen LogP contribution is 2.27. The average molecular weight is 380 g/mol. The van der Waals surface area contributed by atoms with Crippen LogP contribution in [0.5, 0.6) is 11.5 Å². The van der Waals surface area contributed by atoms with Crippen LogP contribution in [0.25, 0.3) is 10.9 Å². The largest absolute Gasteiger partial charge is 0.493 e. The molecule has 2 aromatic carbocycles. The van der Waals surface area contributed by atoms with Crippen molar-refractivity contribution in [3.63, 3.8) is 0 Å². The van der Waals surface area contributed by atoms with Gasteiger partial charge in [-0.2, -0.15) is 0 Å². The molecule has 3 rings (SSSR count). The highest BCUT2D eigenvalue weighted by atomic mass is 16.5. The third-order valence-corrected chi connectivity index (χ3v) is 4.67. The smallest absolute Gasteiger partial charge is 0.239 e. The number of nitrogens with zero attached hydrogens (tertiary/aromatic N) is 1. The normalized spacial score (nSPS) is 10.7. The van der Waals surface area contributed by atoms with Gasteiger partial charge in [-0.1, -0.05) is 24.3 Å². The zero-order chi connectivity index (χ0) is 20.1. The Morgan fingerprint density at radius 3 is 2.50 bits per heavy atom. The molecule has 1 amide bonds. The first-order valence-electron chi connectivity index (χ1n) is 9.10. The maximum Gasteiger partial charge on any atom is 0.239 e. The van der Waals surface area contributed by atoms with E-state index in [0.29, 0.717) is 30.0 Å². The van der Waals surface area contributed by atoms with E-state index in [1.165, 1.54) is 6.92 Å². The lowest BCUT2D eigenvalue weighted by molar-refractivity contribution is -0.121. The van der Waals surface area contributed by atoms with Crippen LogP contribution < -0.4 is 14.8 Å². The fraction of sp³-hybridized carbons (Fsp3) is 0.273. The first-order valence-corrected chi connectivity index (χ1v) is 9.10. The number of carbonyl (C=O) groups is 2. The van der Waals surface area contributed by atoms with Crippen molar-refractivity contribution in [2.24, 2.45) is 0 Å². The summed E-state index contributed by atoms with van der Waals surface area (Å²) in [5.41, 5.74) is 2.56. The molecule has 0 bridgehead atoms. The van der Waals surface area contributed by atoms with Crippen LogP contribution >= 0.6 is 0 Å². The van der Waals surface area contributed by atoms with E-state index in [2.05, 4.69) is 5.32 Å². The van der Waals surface area contributed by atoms with Crippen LogP contribution in [-0.4, -0.2) is 37.0 Å². The number of methoxy groups -OCH3 is 2. The van der Waals surface area contributed by atoms with Gasteiger partial charge in [-0.3, -0.25) is 9.59 Å². The number of rotatable bonds is 8. The van der Waals surface area contributed by atoms with Gasteiger partial charge in [0.15, 0.2) is 17.3 Å². The number of hydrogen-bond acceptors (Lipinski definition) is 4. The lowest BCUT2D eigenvalue weighted by Gasteiger charge is -2.10. The number of carbonyl (C=O) groups excluding carboxylic acids is 2. The monoisotopic (exact) mass is 380 g/mol. The third kappa shape index (κ3) is 4.17. The number of hydrogen-bond donors (Lipinski definition) is 1. The molecule has 6 heteroatoms. The van der Waals surface area contributed by atoms with E-state index in [4.69, 9.17) is 9.47 Å². The fourth-order valence-electron chi connectivity index (χ4n) is 3.25. The Balaban J connectivity index is 1.62. The molecule has 0 saturated heterocycles.